The zero-order chi connectivity index (χ0) is 21.6. The fourth-order valence-electron chi connectivity index (χ4n) is 5.60. The third-order valence-corrected chi connectivity index (χ3v) is 7.38. The van der Waals surface area contributed by atoms with Crippen LogP contribution in [0.1, 0.15) is 47.2 Å². The van der Waals surface area contributed by atoms with Crippen LogP contribution in [0, 0.1) is 0 Å². The molecule has 4 aliphatic rings. The molecule has 1 spiro atoms. The molecule has 8 heteroatoms. The third-order valence-electron chi connectivity index (χ3n) is 7.38. The van der Waals surface area contributed by atoms with Gasteiger partial charge < -0.3 is 15.1 Å². The van der Waals surface area contributed by atoms with Gasteiger partial charge in [0.2, 0.25) is 11.8 Å². The standard InChI is InChI=1S/C23H31N5O3/c1-26-11-8-24-23(15-26)6-9-27(10-7-23)13-16-2-3-17-14-28(22(31)18(17)12-16)19-4-5-20(29)25-21(19)30/h2-3,12,19,24H,4-11,13-15H2,1H3,(H,25,29,30). The van der Waals surface area contributed by atoms with Crippen LogP contribution in [0.5, 0.6) is 0 Å². The van der Waals surface area contributed by atoms with Gasteiger partial charge in [-0.05, 0) is 43.5 Å². The number of nitrogens with one attached hydrogen (secondary N) is 2. The van der Waals surface area contributed by atoms with Crippen molar-refractivity contribution in [3.63, 3.8) is 0 Å². The Labute approximate surface area is 182 Å². The molecule has 5 rings (SSSR count). The van der Waals surface area contributed by atoms with Gasteiger partial charge in [0.25, 0.3) is 5.91 Å². The largest absolute Gasteiger partial charge is 0.322 e. The quantitative estimate of drug-likeness (QED) is 0.679. The number of nitrogens with zero attached hydrogens (tertiary/aromatic N) is 3. The van der Waals surface area contributed by atoms with Gasteiger partial charge in [-0.1, -0.05) is 12.1 Å². The number of benzene rings is 1. The highest BCUT2D eigenvalue weighted by Crippen LogP contribution is 2.30. The Balaban J connectivity index is 1.22. The molecule has 1 atom stereocenters. The lowest BCUT2D eigenvalue weighted by Gasteiger charge is -2.47. The normalized spacial score (nSPS) is 26.9. The minimum Gasteiger partial charge on any atom is -0.322 e. The molecule has 0 bridgehead atoms. The molecule has 3 saturated heterocycles. The van der Waals surface area contributed by atoms with E-state index in [-0.39, 0.29) is 29.7 Å². The Morgan fingerprint density at radius 2 is 1.94 bits per heavy atom. The van der Waals surface area contributed by atoms with Crippen molar-refractivity contribution in [2.45, 2.75) is 50.4 Å². The molecule has 1 aromatic rings. The lowest BCUT2D eigenvalue weighted by atomic mass is 9.85. The highest BCUT2D eigenvalue weighted by atomic mass is 16.2. The van der Waals surface area contributed by atoms with Crippen LogP contribution in [0.25, 0.3) is 0 Å². The maximum atomic E-state index is 13.0. The van der Waals surface area contributed by atoms with Crippen LogP contribution < -0.4 is 10.6 Å². The van der Waals surface area contributed by atoms with Crippen molar-refractivity contribution >= 4 is 17.7 Å². The summed E-state index contributed by atoms with van der Waals surface area (Å²) in [4.78, 5) is 43.2. The minimum absolute atomic E-state index is 0.0987. The van der Waals surface area contributed by atoms with E-state index in [0.29, 0.717) is 18.5 Å². The number of piperazine rings is 1. The van der Waals surface area contributed by atoms with Crippen LogP contribution in [0.15, 0.2) is 18.2 Å². The van der Waals surface area contributed by atoms with Crippen molar-refractivity contribution in [3.05, 3.63) is 34.9 Å². The van der Waals surface area contributed by atoms with Crippen LogP contribution in [-0.2, 0) is 22.7 Å². The third kappa shape index (κ3) is 4.00. The molecule has 0 aromatic heterocycles. The predicted molar refractivity (Wildman–Crippen MR) is 115 cm³/mol. The molecule has 0 aliphatic carbocycles. The highest BCUT2D eigenvalue weighted by Gasteiger charge is 2.40. The van der Waals surface area contributed by atoms with E-state index in [9.17, 15) is 14.4 Å². The number of fused-ring (bicyclic) bond motifs is 1. The average Bonchev–Trinajstić information content (AvgIpc) is 3.06. The van der Waals surface area contributed by atoms with E-state index in [4.69, 9.17) is 0 Å². The van der Waals surface area contributed by atoms with Gasteiger partial charge in [-0.2, -0.15) is 0 Å². The Morgan fingerprint density at radius 1 is 1.13 bits per heavy atom. The molecule has 0 radical (unpaired) electrons. The van der Waals surface area contributed by atoms with Crippen molar-refractivity contribution in [1.82, 2.24) is 25.3 Å². The fraction of sp³-hybridized carbons (Fsp3) is 0.609. The monoisotopic (exact) mass is 425 g/mol. The predicted octanol–water partition coefficient (Wildman–Crippen LogP) is 0.317. The molecule has 2 N–H and O–H groups in total. The summed E-state index contributed by atoms with van der Waals surface area (Å²) in [7, 11) is 2.20. The lowest BCUT2D eigenvalue weighted by molar-refractivity contribution is -0.136. The van der Waals surface area contributed by atoms with Crippen LogP contribution >= 0.6 is 0 Å². The van der Waals surface area contributed by atoms with E-state index < -0.39 is 6.04 Å². The van der Waals surface area contributed by atoms with Crippen molar-refractivity contribution in [3.8, 4) is 0 Å². The van der Waals surface area contributed by atoms with E-state index in [2.05, 4.69) is 33.5 Å². The van der Waals surface area contributed by atoms with Gasteiger partial charge in [-0.15, -0.1) is 0 Å². The summed E-state index contributed by atoms with van der Waals surface area (Å²) in [5, 5.41) is 6.12. The van der Waals surface area contributed by atoms with E-state index in [1.54, 1.807) is 4.90 Å². The van der Waals surface area contributed by atoms with Crippen molar-refractivity contribution in [1.29, 1.82) is 0 Å². The number of rotatable bonds is 3. The zero-order valence-corrected chi connectivity index (χ0v) is 18.2. The minimum atomic E-state index is -0.555. The first-order valence-electron chi connectivity index (χ1n) is 11.3. The van der Waals surface area contributed by atoms with Crippen LogP contribution in [0.4, 0.5) is 0 Å². The van der Waals surface area contributed by atoms with Crippen molar-refractivity contribution in [2.24, 2.45) is 0 Å². The van der Waals surface area contributed by atoms with E-state index in [0.717, 1.165) is 63.2 Å². The molecular weight excluding hydrogens is 394 g/mol. The van der Waals surface area contributed by atoms with Crippen LogP contribution in [-0.4, -0.2) is 83.8 Å². The van der Waals surface area contributed by atoms with Crippen molar-refractivity contribution in [2.75, 3.05) is 39.8 Å². The van der Waals surface area contributed by atoms with Crippen LogP contribution in [0.3, 0.4) is 0 Å². The fourth-order valence-corrected chi connectivity index (χ4v) is 5.60. The first kappa shape index (κ1) is 20.6. The number of amides is 3. The van der Waals surface area contributed by atoms with E-state index in [1.807, 2.05) is 12.1 Å². The van der Waals surface area contributed by atoms with Gasteiger partial charge in [-0.25, -0.2) is 0 Å². The van der Waals surface area contributed by atoms with Crippen molar-refractivity contribution < 1.29 is 14.4 Å². The summed E-state index contributed by atoms with van der Waals surface area (Å²) in [6.07, 6.45) is 2.97. The molecule has 166 valence electrons. The van der Waals surface area contributed by atoms with Gasteiger partial charge in [-0.3, -0.25) is 24.6 Å². The molecule has 4 heterocycles. The summed E-state index contributed by atoms with van der Waals surface area (Å²) in [5.41, 5.74) is 3.05. The van der Waals surface area contributed by atoms with Gasteiger partial charge in [0.1, 0.15) is 6.04 Å². The summed E-state index contributed by atoms with van der Waals surface area (Å²) in [5.74, 6) is -0.716. The number of hydrogen-bond acceptors (Lipinski definition) is 6. The van der Waals surface area contributed by atoms with E-state index >= 15 is 0 Å². The first-order chi connectivity index (χ1) is 14.9. The number of carbonyl (C=O) groups is 3. The zero-order valence-electron chi connectivity index (χ0n) is 18.2. The average molecular weight is 426 g/mol. The Kier molecular flexibility index (Phi) is 5.32. The molecular formula is C23H31N5O3. The van der Waals surface area contributed by atoms with Gasteiger partial charge in [0, 0.05) is 63.3 Å². The summed E-state index contributed by atoms with van der Waals surface area (Å²) >= 11 is 0. The maximum Gasteiger partial charge on any atom is 0.255 e. The SMILES string of the molecule is CN1CCNC2(CCN(Cc3ccc4c(c3)C(=O)N(C3CCC(=O)NC3=O)C4)CC2)C1. The Hall–Kier alpha value is -2.29. The van der Waals surface area contributed by atoms with Gasteiger partial charge in [0.15, 0.2) is 0 Å². The Morgan fingerprint density at radius 3 is 2.68 bits per heavy atom. The molecule has 1 aromatic carbocycles. The number of imide groups is 1. The number of hydrogen-bond donors (Lipinski definition) is 2. The second-order valence-corrected chi connectivity index (χ2v) is 9.61. The number of likely N-dealkylation sites (N-methyl/N-ethyl adjacent to an activating group) is 1. The maximum absolute atomic E-state index is 13.0. The Bertz CT molecular complexity index is 908. The molecule has 3 amide bonds. The number of piperidine rings is 2. The summed E-state index contributed by atoms with van der Waals surface area (Å²) in [6.45, 7) is 6.67. The number of likely N-dealkylation sites (tertiary alicyclic amines) is 1. The summed E-state index contributed by atoms with van der Waals surface area (Å²) < 4.78 is 0. The lowest BCUT2D eigenvalue weighted by Crippen LogP contribution is -2.63. The molecule has 8 nitrogen and oxygen atoms in total. The topological polar surface area (TPSA) is 85.0 Å². The van der Waals surface area contributed by atoms with Crippen LogP contribution in [0.2, 0.25) is 0 Å². The smallest absolute Gasteiger partial charge is 0.255 e. The molecule has 1 unspecified atom stereocenters. The van der Waals surface area contributed by atoms with Gasteiger partial charge >= 0.3 is 0 Å². The van der Waals surface area contributed by atoms with Gasteiger partial charge in [0.05, 0.1) is 0 Å². The summed E-state index contributed by atoms with van der Waals surface area (Å²) in [6, 6.07) is 5.58. The second-order valence-electron chi connectivity index (χ2n) is 9.61. The molecule has 31 heavy (non-hydrogen) atoms. The van der Waals surface area contributed by atoms with E-state index in [1.165, 1.54) is 0 Å². The molecule has 4 aliphatic heterocycles. The first-order valence-corrected chi connectivity index (χ1v) is 11.3. The second kappa shape index (κ2) is 8.00. The molecule has 3 fully saturated rings. The number of carbonyl (C=O) groups excluding carboxylic acids is 3. The molecule has 0 saturated carbocycles. The highest BCUT2D eigenvalue weighted by molar-refractivity contribution is 6.05.